The van der Waals surface area contributed by atoms with Crippen LogP contribution in [0.4, 0.5) is 0 Å². The zero-order valence-corrected chi connectivity index (χ0v) is 15.6. The fourth-order valence-corrected chi connectivity index (χ4v) is 3.39. The molecule has 3 N–H and O–H groups in total. The normalized spacial score (nSPS) is 11.4. The van der Waals surface area contributed by atoms with Gasteiger partial charge in [-0.25, -0.2) is 0 Å². The van der Waals surface area contributed by atoms with E-state index in [2.05, 4.69) is 37.2 Å². The van der Waals surface area contributed by atoms with E-state index < -0.39 is 17.9 Å². The van der Waals surface area contributed by atoms with Gasteiger partial charge < -0.3 is 11.1 Å². The molecule has 2 aromatic carbocycles. The highest BCUT2D eigenvalue weighted by Crippen LogP contribution is 2.20. The van der Waals surface area contributed by atoms with Gasteiger partial charge in [0.15, 0.2) is 0 Å². The summed E-state index contributed by atoms with van der Waals surface area (Å²) in [6.07, 6.45) is 0.252. The highest BCUT2D eigenvalue weighted by molar-refractivity contribution is 9.11. The quantitative estimate of drug-likeness (QED) is 0.732. The summed E-state index contributed by atoms with van der Waals surface area (Å²) in [5.74, 6) is -1.02. The average molecular weight is 451 g/mol. The number of rotatable bonds is 5. The Kier molecular flexibility index (Phi) is 6.12. The Hall–Kier alpha value is -2.17. The molecule has 0 radical (unpaired) electrons. The zero-order valence-electron chi connectivity index (χ0n) is 12.4. The molecule has 0 saturated heterocycles. The summed E-state index contributed by atoms with van der Waals surface area (Å²) in [7, 11) is 0. The molecule has 0 aromatic heterocycles. The zero-order chi connectivity index (χ0) is 17.7. The van der Waals surface area contributed by atoms with Crippen molar-refractivity contribution in [3.05, 3.63) is 68.1 Å². The lowest BCUT2D eigenvalue weighted by Gasteiger charge is -2.16. The molecular weight excluding hydrogens is 438 g/mol. The molecule has 0 bridgehead atoms. The van der Waals surface area contributed by atoms with Crippen molar-refractivity contribution >= 4 is 43.7 Å². The minimum atomic E-state index is -0.844. The maximum absolute atomic E-state index is 12.4. The van der Waals surface area contributed by atoms with E-state index >= 15 is 0 Å². The van der Waals surface area contributed by atoms with E-state index in [4.69, 9.17) is 11.0 Å². The summed E-state index contributed by atoms with van der Waals surface area (Å²) >= 11 is 6.63. The van der Waals surface area contributed by atoms with Gasteiger partial charge in [0.25, 0.3) is 5.91 Å². The van der Waals surface area contributed by atoms with E-state index in [1.54, 1.807) is 42.5 Å². The first kappa shape index (κ1) is 18.2. The van der Waals surface area contributed by atoms with Gasteiger partial charge in [0, 0.05) is 20.9 Å². The Balaban J connectivity index is 2.14. The van der Waals surface area contributed by atoms with Crippen LogP contribution in [0.2, 0.25) is 0 Å². The van der Waals surface area contributed by atoms with Gasteiger partial charge in [-0.2, -0.15) is 5.26 Å². The molecule has 0 aliphatic carbocycles. The van der Waals surface area contributed by atoms with Crippen molar-refractivity contribution in [1.29, 1.82) is 5.26 Å². The van der Waals surface area contributed by atoms with Crippen LogP contribution in [0, 0.1) is 11.3 Å². The van der Waals surface area contributed by atoms with Gasteiger partial charge in [0.2, 0.25) is 5.91 Å². The van der Waals surface area contributed by atoms with Gasteiger partial charge in [-0.1, -0.05) is 44.0 Å². The number of nitrogens with one attached hydrogen (secondary N) is 1. The van der Waals surface area contributed by atoms with Crippen LogP contribution in [-0.2, 0) is 11.2 Å². The van der Waals surface area contributed by atoms with E-state index in [1.807, 2.05) is 6.07 Å². The largest absolute Gasteiger partial charge is 0.368 e. The van der Waals surface area contributed by atoms with Crippen molar-refractivity contribution < 1.29 is 9.59 Å². The summed E-state index contributed by atoms with van der Waals surface area (Å²) in [5, 5.41) is 11.4. The van der Waals surface area contributed by atoms with Crippen LogP contribution < -0.4 is 11.1 Å². The molecule has 0 unspecified atom stereocenters. The molecule has 1 atom stereocenters. The minimum absolute atomic E-state index is 0.252. The third-order valence-corrected chi connectivity index (χ3v) is 4.21. The second kappa shape index (κ2) is 8.08. The summed E-state index contributed by atoms with van der Waals surface area (Å²) in [5.41, 5.74) is 7.13. The Morgan fingerprint density at radius 3 is 2.21 bits per heavy atom. The predicted molar refractivity (Wildman–Crippen MR) is 97.2 cm³/mol. The van der Waals surface area contributed by atoms with Crippen LogP contribution in [0.15, 0.2) is 51.4 Å². The monoisotopic (exact) mass is 449 g/mol. The molecule has 0 saturated carbocycles. The molecule has 24 heavy (non-hydrogen) atoms. The van der Waals surface area contributed by atoms with Crippen LogP contribution in [0.5, 0.6) is 0 Å². The minimum Gasteiger partial charge on any atom is -0.368 e. The summed E-state index contributed by atoms with van der Waals surface area (Å²) < 4.78 is 1.48. The Morgan fingerprint density at radius 2 is 1.71 bits per heavy atom. The second-order valence-electron chi connectivity index (χ2n) is 5.10. The van der Waals surface area contributed by atoms with Gasteiger partial charge in [0.1, 0.15) is 6.04 Å². The first-order valence-electron chi connectivity index (χ1n) is 6.94. The number of hydrogen-bond donors (Lipinski definition) is 2. The number of nitriles is 1. The lowest BCUT2D eigenvalue weighted by atomic mass is 10.0. The van der Waals surface area contributed by atoms with Crippen molar-refractivity contribution in [2.75, 3.05) is 0 Å². The average Bonchev–Trinajstić information content (AvgIpc) is 2.53. The van der Waals surface area contributed by atoms with Crippen molar-refractivity contribution in [2.24, 2.45) is 5.73 Å². The van der Waals surface area contributed by atoms with Gasteiger partial charge in [-0.3, -0.25) is 9.59 Å². The number of nitrogens with zero attached hydrogens (tertiary/aromatic N) is 1. The van der Waals surface area contributed by atoms with Crippen LogP contribution in [-0.4, -0.2) is 17.9 Å². The molecule has 7 heteroatoms. The molecule has 0 aliphatic rings. The maximum atomic E-state index is 12.4. The van der Waals surface area contributed by atoms with Crippen LogP contribution in [0.1, 0.15) is 21.5 Å². The highest BCUT2D eigenvalue weighted by atomic mass is 79.9. The smallest absolute Gasteiger partial charge is 0.252 e. The Labute approximate surface area is 156 Å². The Bertz CT molecular complexity index is 793. The number of hydrogen-bond acceptors (Lipinski definition) is 3. The molecule has 5 nitrogen and oxygen atoms in total. The number of carbonyl (C=O) groups excluding carboxylic acids is 2. The topological polar surface area (TPSA) is 96.0 Å². The third-order valence-electron chi connectivity index (χ3n) is 3.30. The van der Waals surface area contributed by atoms with Gasteiger partial charge in [-0.05, 0) is 35.9 Å². The molecule has 2 amide bonds. The van der Waals surface area contributed by atoms with Crippen LogP contribution in [0.3, 0.4) is 0 Å². The molecular formula is C17H13Br2N3O2. The molecule has 0 heterocycles. The van der Waals surface area contributed by atoms with E-state index in [0.29, 0.717) is 11.1 Å². The summed E-state index contributed by atoms with van der Waals surface area (Å²) in [6, 6.07) is 13.1. The van der Waals surface area contributed by atoms with Crippen molar-refractivity contribution in [2.45, 2.75) is 12.5 Å². The fourth-order valence-electron chi connectivity index (χ4n) is 2.10. The van der Waals surface area contributed by atoms with Gasteiger partial charge in [-0.15, -0.1) is 0 Å². The number of carbonyl (C=O) groups is 2. The SMILES string of the molecule is N#Cc1ccc(C[C@@H](NC(=O)c2cc(Br)cc(Br)c2)C(N)=O)cc1. The number of benzene rings is 2. The second-order valence-corrected chi connectivity index (χ2v) is 6.93. The van der Waals surface area contributed by atoms with Crippen molar-refractivity contribution in [3.8, 4) is 6.07 Å². The summed E-state index contributed by atoms with van der Waals surface area (Å²) in [6.45, 7) is 0. The van der Waals surface area contributed by atoms with Crippen molar-refractivity contribution in [1.82, 2.24) is 5.32 Å². The number of amides is 2. The molecule has 2 rings (SSSR count). The fraction of sp³-hybridized carbons (Fsp3) is 0.118. The van der Waals surface area contributed by atoms with Crippen molar-refractivity contribution in [3.63, 3.8) is 0 Å². The number of halogens is 2. The highest BCUT2D eigenvalue weighted by Gasteiger charge is 2.20. The van der Waals surface area contributed by atoms with Crippen LogP contribution >= 0.6 is 31.9 Å². The van der Waals surface area contributed by atoms with E-state index in [0.717, 1.165) is 14.5 Å². The van der Waals surface area contributed by atoms with Gasteiger partial charge >= 0.3 is 0 Å². The van der Waals surface area contributed by atoms with Gasteiger partial charge in [0.05, 0.1) is 11.6 Å². The lowest BCUT2D eigenvalue weighted by Crippen LogP contribution is -2.45. The van der Waals surface area contributed by atoms with E-state index in [1.165, 1.54) is 0 Å². The molecule has 0 aliphatic heterocycles. The predicted octanol–water partition coefficient (Wildman–Crippen LogP) is 2.91. The third kappa shape index (κ3) is 4.91. The number of primary amides is 1. The van der Waals surface area contributed by atoms with E-state index in [9.17, 15) is 9.59 Å². The first-order chi connectivity index (χ1) is 11.4. The standard InChI is InChI=1S/C17H13Br2N3O2/c18-13-6-12(7-14(19)8-13)17(24)22-15(16(21)23)5-10-1-3-11(9-20)4-2-10/h1-4,6-8,15H,5H2,(H2,21,23)(H,22,24)/t15-/m1/s1. The Morgan fingerprint density at radius 1 is 1.12 bits per heavy atom. The number of nitrogens with two attached hydrogens (primary N) is 1. The van der Waals surface area contributed by atoms with Crippen LogP contribution in [0.25, 0.3) is 0 Å². The maximum Gasteiger partial charge on any atom is 0.252 e. The molecule has 0 spiro atoms. The summed E-state index contributed by atoms with van der Waals surface area (Å²) in [4.78, 5) is 24.0. The first-order valence-corrected chi connectivity index (χ1v) is 8.53. The molecule has 0 fully saturated rings. The van der Waals surface area contributed by atoms with E-state index in [-0.39, 0.29) is 6.42 Å². The molecule has 2 aromatic rings. The molecule has 122 valence electrons. The lowest BCUT2D eigenvalue weighted by molar-refractivity contribution is -0.119.